The number of hydrogen-bond acceptors (Lipinski definition) is 5. The van der Waals surface area contributed by atoms with E-state index in [1.807, 2.05) is 42.5 Å². The minimum absolute atomic E-state index is 0.0325. The van der Waals surface area contributed by atoms with Crippen molar-refractivity contribution in [1.82, 2.24) is 9.97 Å². The molecular weight excluding hydrogens is 340 g/mol. The van der Waals surface area contributed by atoms with Crippen molar-refractivity contribution in [3.05, 3.63) is 62.8 Å². The summed E-state index contributed by atoms with van der Waals surface area (Å²) in [6.45, 7) is 3.30. The van der Waals surface area contributed by atoms with Crippen LogP contribution in [0.1, 0.15) is 27.7 Å². The Morgan fingerprint density at radius 1 is 1.33 bits per heavy atom. The number of thiophene rings is 1. The van der Waals surface area contributed by atoms with E-state index < -0.39 is 0 Å². The van der Waals surface area contributed by atoms with Crippen LogP contribution in [-0.2, 0) is 0 Å². The molecule has 0 atom stereocenters. The number of thioether (sulfide) groups is 1. The largest absolute Gasteiger partial charge is 0.301 e. The Balaban J connectivity index is 1.80. The fraction of sp³-hybridized carbons (Fsp3) is 0.167. The zero-order valence-corrected chi connectivity index (χ0v) is 15.0. The van der Waals surface area contributed by atoms with Gasteiger partial charge in [-0.15, -0.1) is 11.3 Å². The average Bonchev–Trinajstić information content (AvgIpc) is 2.90. The molecule has 3 rings (SSSR count). The van der Waals surface area contributed by atoms with Gasteiger partial charge in [0, 0.05) is 5.75 Å². The fourth-order valence-corrected chi connectivity index (χ4v) is 4.21. The summed E-state index contributed by atoms with van der Waals surface area (Å²) < 4.78 is 0. The van der Waals surface area contributed by atoms with E-state index in [4.69, 9.17) is 0 Å². The normalized spacial score (nSPS) is 11.4. The maximum absolute atomic E-state index is 12.3. The smallest absolute Gasteiger partial charge is 0.260 e. The molecule has 2 aromatic heterocycles. The van der Waals surface area contributed by atoms with Gasteiger partial charge in [0.1, 0.15) is 4.83 Å². The molecule has 0 aliphatic heterocycles. The van der Waals surface area contributed by atoms with Gasteiger partial charge in [0.15, 0.2) is 10.9 Å². The second-order valence-corrected chi connectivity index (χ2v) is 7.30. The number of hydrogen-bond donors (Lipinski definition) is 1. The summed E-state index contributed by atoms with van der Waals surface area (Å²) in [6, 6.07) is 10.0. The summed E-state index contributed by atoms with van der Waals surface area (Å²) in [5.74, 6) is 0.669. The highest BCUT2D eigenvalue weighted by molar-refractivity contribution is 7.99. The minimum Gasteiger partial charge on any atom is -0.301 e. The van der Waals surface area contributed by atoms with Crippen LogP contribution in [-0.4, -0.2) is 21.5 Å². The number of carbonyl (C=O) groups is 1. The third-order valence-electron chi connectivity index (χ3n) is 3.52. The third-order valence-corrected chi connectivity index (χ3v) is 5.64. The van der Waals surface area contributed by atoms with Gasteiger partial charge in [-0.05, 0) is 25.0 Å². The molecule has 0 spiro atoms. The lowest BCUT2D eigenvalue weighted by Gasteiger charge is -1.98. The first-order valence-electron chi connectivity index (χ1n) is 7.45. The van der Waals surface area contributed by atoms with E-state index in [-0.39, 0.29) is 11.3 Å². The Hall–Kier alpha value is -2.18. The maximum atomic E-state index is 12.3. The summed E-state index contributed by atoms with van der Waals surface area (Å²) in [4.78, 5) is 32.4. The number of rotatable bonds is 5. The van der Waals surface area contributed by atoms with Gasteiger partial charge in [-0.3, -0.25) is 9.59 Å². The number of nitrogens with zero attached hydrogens (tertiary/aromatic N) is 1. The predicted molar refractivity (Wildman–Crippen MR) is 101 cm³/mol. The molecule has 0 amide bonds. The van der Waals surface area contributed by atoms with Gasteiger partial charge in [0.2, 0.25) is 0 Å². The van der Waals surface area contributed by atoms with Crippen LogP contribution in [0.2, 0.25) is 0 Å². The summed E-state index contributed by atoms with van der Waals surface area (Å²) >= 11 is 2.74. The Morgan fingerprint density at radius 2 is 2.08 bits per heavy atom. The number of aromatic nitrogens is 2. The molecule has 0 fully saturated rings. The maximum Gasteiger partial charge on any atom is 0.260 e. The first-order chi connectivity index (χ1) is 11.6. The molecule has 0 radical (unpaired) electrons. The molecule has 0 saturated carbocycles. The van der Waals surface area contributed by atoms with Gasteiger partial charge in [0.05, 0.1) is 10.3 Å². The van der Waals surface area contributed by atoms with E-state index in [1.54, 1.807) is 6.92 Å². The molecule has 3 aromatic rings. The summed E-state index contributed by atoms with van der Waals surface area (Å²) in [6.07, 6.45) is 4.07. The molecule has 0 unspecified atom stereocenters. The second kappa shape index (κ2) is 7.15. The van der Waals surface area contributed by atoms with Gasteiger partial charge >= 0.3 is 0 Å². The molecule has 2 heterocycles. The van der Waals surface area contributed by atoms with Crippen LogP contribution < -0.4 is 5.56 Å². The van der Waals surface area contributed by atoms with E-state index >= 15 is 0 Å². The molecule has 1 N–H and O–H groups in total. The molecule has 1 aromatic carbocycles. The topological polar surface area (TPSA) is 62.8 Å². The zero-order chi connectivity index (χ0) is 17.1. The Kier molecular flexibility index (Phi) is 4.97. The van der Waals surface area contributed by atoms with E-state index in [2.05, 4.69) is 9.97 Å². The second-order valence-electron chi connectivity index (χ2n) is 5.29. The number of ketones is 1. The van der Waals surface area contributed by atoms with Crippen LogP contribution in [0.4, 0.5) is 0 Å². The van der Waals surface area contributed by atoms with Crippen LogP contribution in [0.3, 0.4) is 0 Å². The van der Waals surface area contributed by atoms with Gasteiger partial charge in [-0.25, -0.2) is 4.98 Å². The average molecular weight is 356 g/mol. The molecule has 4 nitrogen and oxygen atoms in total. The predicted octanol–water partition coefficient (Wildman–Crippen LogP) is 4.30. The summed E-state index contributed by atoms with van der Waals surface area (Å²) in [5.41, 5.74) is 1.67. The Bertz CT molecular complexity index is 972. The van der Waals surface area contributed by atoms with Crippen molar-refractivity contribution < 1.29 is 4.79 Å². The minimum atomic E-state index is -0.184. The lowest BCUT2D eigenvalue weighted by atomic mass is 10.2. The number of H-pyrrole nitrogens is 1. The van der Waals surface area contributed by atoms with Gasteiger partial charge in [-0.1, -0.05) is 54.2 Å². The summed E-state index contributed by atoms with van der Waals surface area (Å²) in [7, 11) is 0. The number of fused-ring (bicyclic) bond motifs is 1. The molecule has 0 bridgehead atoms. The Labute approximate surface area is 147 Å². The van der Waals surface area contributed by atoms with Crippen LogP contribution >= 0.6 is 23.1 Å². The van der Waals surface area contributed by atoms with Crippen LogP contribution in [0.15, 0.2) is 46.4 Å². The van der Waals surface area contributed by atoms with Crippen LogP contribution in [0, 0.1) is 6.92 Å². The number of Topliss-reactive ketones (excluding diaryl/α,β-unsaturated/α-hetero) is 1. The number of carbonyl (C=O) groups excluding carboxylic acids is 1. The van der Waals surface area contributed by atoms with E-state index in [1.165, 1.54) is 30.0 Å². The number of aryl methyl sites for hydroxylation is 1. The molecule has 6 heteroatoms. The summed E-state index contributed by atoms with van der Waals surface area (Å²) in [5, 5.41) is 1.09. The molecule has 24 heavy (non-hydrogen) atoms. The van der Waals surface area contributed by atoms with E-state index in [9.17, 15) is 9.59 Å². The zero-order valence-electron chi connectivity index (χ0n) is 13.3. The fourth-order valence-electron chi connectivity index (χ4n) is 2.40. The first-order valence-corrected chi connectivity index (χ1v) is 9.25. The highest BCUT2D eigenvalue weighted by Gasteiger charge is 2.16. The van der Waals surface area contributed by atoms with Crippen molar-refractivity contribution in [2.75, 3.05) is 5.75 Å². The molecule has 0 saturated heterocycles. The quantitative estimate of drug-likeness (QED) is 0.420. The highest BCUT2D eigenvalue weighted by Crippen LogP contribution is 2.28. The third kappa shape index (κ3) is 3.49. The monoisotopic (exact) mass is 356 g/mol. The number of nitrogens with one attached hydrogen (secondary N) is 1. The van der Waals surface area contributed by atoms with Crippen molar-refractivity contribution in [2.45, 2.75) is 19.0 Å². The SMILES string of the molecule is CC(=O)c1sc2nc(SCC=Cc3ccccc3)[nH]c(=O)c2c1C. The van der Waals surface area contributed by atoms with E-state index in [0.29, 0.717) is 26.0 Å². The standard InChI is InChI=1S/C18H16N2O2S2/c1-11-14-16(22)19-18(20-17(14)24-15(11)12(2)21)23-10-6-9-13-7-4-3-5-8-13/h3-9H,10H2,1-2H3,(H,19,20,22). The lowest BCUT2D eigenvalue weighted by molar-refractivity contribution is 0.102. The lowest BCUT2D eigenvalue weighted by Crippen LogP contribution is -2.09. The van der Waals surface area contributed by atoms with Crippen molar-refractivity contribution in [2.24, 2.45) is 0 Å². The van der Waals surface area contributed by atoms with Crippen molar-refractivity contribution >= 4 is 45.2 Å². The van der Waals surface area contributed by atoms with Gasteiger partial charge < -0.3 is 4.98 Å². The molecular formula is C18H16N2O2S2. The molecule has 0 aliphatic rings. The van der Waals surface area contributed by atoms with Crippen LogP contribution in [0.25, 0.3) is 16.3 Å². The van der Waals surface area contributed by atoms with Crippen molar-refractivity contribution in [3.63, 3.8) is 0 Å². The van der Waals surface area contributed by atoms with Crippen LogP contribution in [0.5, 0.6) is 0 Å². The number of aromatic amines is 1. The van der Waals surface area contributed by atoms with Crippen molar-refractivity contribution in [1.29, 1.82) is 0 Å². The van der Waals surface area contributed by atoms with E-state index in [0.717, 1.165) is 11.1 Å². The first kappa shape index (κ1) is 16.7. The molecule has 0 aliphatic carbocycles. The van der Waals surface area contributed by atoms with Crippen molar-refractivity contribution in [3.8, 4) is 0 Å². The highest BCUT2D eigenvalue weighted by atomic mass is 32.2. The Morgan fingerprint density at radius 3 is 2.79 bits per heavy atom. The molecule has 122 valence electrons. The van der Waals surface area contributed by atoms with Gasteiger partial charge in [-0.2, -0.15) is 0 Å². The van der Waals surface area contributed by atoms with Gasteiger partial charge in [0.25, 0.3) is 5.56 Å². The number of benzene rings is 1.